The van der Waals surface area contributed by atoms with Gasteiger partial charge in [-0.15, -0.1) is 11.3 Å². The summed E-state index contributed by atoms with van der Waals surface area (Å²) in [5.74, 6) is 1.94. The molecular formula is C25H30N4OS. The summed E-state index contributed by atoms with van der Waals surface area (Å²) in [5, 5.41) is 6.70. The summed E-state index contributed by atoms with van der Waals surface area (Å²) in [4.78, 5) is 25.8. The Hall–Kier alpha value is -2.31. The Kier molecular flexibility index (Phi) is 5.52. The fraction of sp³-hybridized carbons (Fsp3) is 0.480. The van der Waals surface area contributed by atoms with E-state index in [2.05, 4.69) is 52.6 Å². The molecule has 2 aliphatic rings. The van der Waals surface area contributed by atoms with Crippen LogP contribution in [0.3, 0.4) is 0 Å². The van der Waals surface area contributed by atoms with Crippen LogP contribution in [0.15, 0.2) is 35.7 Å². The van der Waals surface area contributed by atoms with E-state index in [1.54, 1.807) is 11.3 Å². The Morgan fingerprint density at radius 3 is 2.55 bits per heavy atom. The predicted octanol–water partition coefficient (Wildman–Crippen LogP) is 4.87. The Morgan fingerprint density at radius 1 is 1.10 bits per heavy atom. The van der Waals surface area contributed by atoms with E-state index in [4.69, 9.17) is 4.98 Å². The van der Waals surface area contributed by atoms with Crippen LogP contribution in [0.2, 0.25) is 0 Å². The minimum absolute atomic E-state index is 0.159. The number of nitrogens with one attached hydrogen (secondary N) is 1. The first kappa shape index (κ1) is 20.6. The number of carbonyl (C=O) groups excluding carboxylic acids is 1. The van der Waals surface area contributed by atoms with Crippen molar-refractivity contribution in [2.75, 3.05) is 13.1 Å². The molecule has 2 fully saturated rings. The van der Waals surface area contributed by atoms with Crippen LogP contribution in [0.4, 0.5) is 0 Å². The van der Waals surface area contributed by atoms with Crippen molar-refractivity contribution in [2.45, 2.75) is 64.0 Å². The van der Waals surface area contributed by atoms with Crippen molar-refractivity contribution in [3.05, 3.63) is 58.4 Å². The number of carbonyl (C=O) groups is 1. The maximum Gasteiger partial charge on any atom is 0.254 e. The normalized spacial score (nSPS) is 21.5. The lowest BCUT2D eigenvalue weighted by Crippen LogP contribution is -2.49. The second-order valence-electron chi connectivity index (χ2n) is 9.15. The zero-order chi connectivity index (χ0) is 21.5. The summed E-state index contributed by atoms with van der Waals surface area (Å²) >= 11 is 1.68. The van der Waals surface area contributed by atoms with E-state index in [-0.39, 0.29) is 11.9 Å². The summed E-state index contributed by atoms with van der Waals surface area (Å²) in [6, 6.07) is 11.0. The van der Waals surface area contributed by atoms with Gasteiger partial charge in [0.25, 0.3) is 5.91 Å². The third kappa shape index (κ3) is 3.99. The third-order valence-corrected chi connectivity index (χ3v) is 7.49. The third-order valence-electron chi connectivity index (χ3n) is 6.69. The number of benzene rings is 1. The largest absolute Gasteiger partial charge is 0.333 e. The molecule has 1 N–H and O–H groups in total. The van der Waals surface area contributed by atoms with Crippen molar-refractivity contribution in [3.8, 4) is 0 Å². The summed E-state index contributed by atoms with van der Waals surface area (Å²) in [6.45, 7) is 8.20. The van der Waals surface area contributed by atoms with Crippen LogP contribution in [-0.4, -0.2) is 45.9 Å². The lowest BCUT2D eigenvalue weighted by atomic mass is 10.00. The van der Waals surface area contributed by atoms with Crippen LogP contribution in [0.5, 0.6) is 0 Å². The van der Waals surface area contributed by atoms with E-state index in [0.717, 1.165) is 48.6 Å². The van der Waals surface area contributed by atoms with E-state index in [1.807, 2.05) is 19.1 Å². The molecule has 1 saturated carbocycles. The Bertz CT molecular complexity index is 1080. The molecule has 2 unspecified atom stereocenters. The van der Waals surface area contributed by atoms with Gasteiger partial charge >= 0.3 is 0 Å². The number of aromatic nitrogens is 2. The molecular weight excluding hydrogens is 404 g/mol. The predicted molar refractivity (Wildman–Crippen MR) is 126 cm³/mol. The molecule has 1 aliphatic heterocycles. The van der Waals surface area contributed by atoms with Gasteiger partial charge in [-0.05, 0) is 88.2 Å². The number of aryl methyl sites for hydroxylation is 1. The van der Waals surface area contributed by atoms with E-state index < -0.39 is 0 Å². The average molecular weight is 435 g/mol. The Morgan fingerprint density at radius 2 is 1.84 bits per heavy atom. The summed E-state index contributed by atoms with van der Waals surface area (Å²) < 4.78 is 0. The Labute approximate surface area is 187 Å². The van der Waals surface area contributed by atoms with Gasteiger partial charge in [0.2, 0.25) is 0 Å². The monoisotopic (exact) mass is 434 g/mol. The molecule has 1 aromatic carbocycles. The lowest BCUT2D eigenvalue weighted by Gasteiger charge is -2.37. The van der Waals surface area contributed by atoms with Crippen LogP contribution in [-0.2, 0) is 0 Å². The number of amides is 1. The van der Waals surface area contributed by atoms with E-state index in [9.17, 15) is 4.79 Å². The van der Waals surface area contributed by atoms with Crippen LogP contribution >= 0.6 is 11.3 Å². The standard InChI is InChI=1S/C25H30N4OS/c1-15(2)29(19-8-11-26-12-9-19)25(30)18-6-4-17(5-7-18)21-14-22(21)23-20-10-13-31-24(20)28-16(3)27-23/h4-7,10,13,15,19,21-22,26H,8-9,11-12,14H2,1-3H3. The van der Waals surface area contributed by atoms with Crippen LogP contribution in [0.1, 0.15) is 72.4 Å². The fourth-order valence-corrected chi connectivity index (χ4v) is 5.88. The van der Waals surface area contributed by atoms with Crippen LogP contribution in [0, 0.1) is 6.92 Å². The SMILES string of the molecule is Cc1nc(C2CC2c2ccc(C(=O)N(C(C)C)C3CCNCC3)cc2)c2ccsc2n1. The van der Waals surface area contributed by atoms with Gasteiger partial charge in [0, 0.05) is 29.0 Å². The van der Waals surface area contributed by atoms with E-state index >= 15 is 0 Å². The first-order chi connectivity index (χ1) is 15.0. The molecule has 31 heavy (non-hydrogen) atoms. The molecule has 3 aromatic rings. The first-order valence-corrected chi connectivity index (χ1v) is 12.3. The minimum Gasteiger partial charge on any atom is -0.333 e. The zero-order valence-corrected chi connectivity index (χ0v) is 19.3. The Balaban J connectivity index is 1.33. The number of rotatable bonds is 5. The molecule has 0 bridgehead atoms. The van der Waals surface area contributed by atoms with Gasteiger partial charge in [0.1, 0.15) is 10.7 Å². The highest BCUT2D eigenvalue weighted by atomic mass is 32.1. The number of nitrogens with zero attached hydrogens (tertiary/aromatic N) is 3. The number of thiophene rings is 1. The molecule has 1 saturated heterocycles. The summed E-state index contributed by atoms with van der Waals surface area (Å²) in [5.41, 5.74) is 3.29. The van der Waals surface area contributed by atoms with Crippen molar-refractivity contribution >= 4 is 27.5 Å². The molecule has 6 heteroatoms. The van der Waals surface area contributed by atoms with Gasteiger partial charge in [0.15, 0.2) is 0 Å². The molecule has 0 radical (unpaired) electrons. The number of piperidine rings is 1. The minimum atomic E-state index is 0.159. The maximum absolute atomic E-state index is 13.3. The van der Waals surface area contributed by atoms with Crippen molar-refractivity contribution in [3.63, 3.8) is 0 Å². The first-order valence-electron chi connectivity index (χ1n) is 11.4. The van der Waals surface area contributed by atoms with Crippen LogP contribution < -0.4 is 5.32 Å². The molecule has 3 heterocycles. The average Bonchev–Trinajstić information content (AvgIpc) is 3.43. The van der Waals surface area contributed by atoms with Gasteiger partial charge < -0.3 is 10.2 Å². The summed E-state index contributed by atoms with van der Waals surface area (Å²) in [6.07, 6.45) is 3.17. The quantitative estimate of drug-likeness (QED) is 0.622. The smallest absolute Gasteiger partial charge is 0.254 e. The van der Waals surface area contributed by atoms with Crippen molar-refractivity contribution in [1.29, 1.82) is 0 Å². The van der Waals surface area contributed by atoms with E-state index in [0.29, 0.717) is 17.9 Å². The lowest BCUT2D eigenvalue weighted by molar-refractivity contribution is 0.0565. The maximum atomic E-state index is 13.3. The molecule has 5 rings (SSSR count). The summed E-state index contributed by atoms with van der Waals surface area (Å²) in [7, 11) is 0. The van der Waals surface area contributed by atoms with Gasteiger partial charge in [-0.1, -0.05) is 12.1 Å². The molecule has 0 spiro atoms. The highest BCUT2D eigenvalue weighted by molar-refractivity contribution is 7.16. The molecule has 162 valence electrons. The van der Waals surface area contributed by atoms with Gasteiger partial charge in [0.05, 0.1) is 5.69 Å². The zero-order valence-electron chi connectivity index (χ0n) is 18.5. The van der Waals surface area contributed by atoms with Crippen molar-refractivity contribution in [1.82, 2.24) is 20.2 Å². The van der Waals surface area contributed by atoms with Gasteiger partial charge in [-0.2, -0.15) is 0 Å². The highest BCUT2D eigenvalue weighted by Crippen LogP contribution is 2.55. The molecule has 2 aromatic heterocycles. The molecule has 5 nitrogen and oxygen atoms in total. The molecule has 1 amide bonds. The number of hydrogen-bond acceptors (Lipinski definition) is 5. The van der Waals surface area contributed by atoms with Crippen molar-refractivity contribution < 1.29 is 4.79 Å². The second kappa shape index (κ2) is 8.32. The number of hydrogen-bond donors (Lipinski definition) is 1. The topological polar surface area (TPSA) is 58.1 Å². The highest BCUT2D eigenvalue weighted by Gasteiger charge is 2.42. The fourth-order valence-electron chi connectivity index (χ4n) is 5.07. The number of fused-ring (bicyclic) bond motifs is 1. The van der Waals surface area contributed by atoms with Gasteiger partial charge in [-0.25, -0.2) is 9.97 Å². The second-order valence-corrected chi connectivity index (χ2v) is 10.0. The van der Waals surface area contributed by atoms with Crippen LogP contribution in [0.25, 0.3) is 10.2 Å². The van der Waals surface area contributed by atoms with Gasteiger partial charge in [-0.3, -0.25) is 4.79 Å². The van der Waals surface area contributed by atoms with Crippen molar-refractivity contribution in [2.24, 2.45) is 0 Å². The molecule has 2 atom stereocenters. The molecule has 1 aliphatic carbocycles. The van der Waals surface area contributed by atoms with E-state index in [1.165, 1.54) is 16.6 Å².